The normalized spacial score (nSPS) is 21.3. The Bertz CT molecular complexity index is 217. The molecule has 0 atom stereocenters. The van der Waals surface area contributed by atoms with Gasteiger partial charge in [0, 0.05) is 0 Å². The third kappa shape index (κ3) is 0.733. The molecule has 0 radical (unpaired) electrons. The molecule has 0 aromatic rings. The molecule has 1 N–H and O–H groups in total. The Morgan fingerprint density at radius 2 is 2.56 bits per heavy atom. The Balaban J connectivity index is 2.37. The van der Waals surface area contributed by atoms with Gasteiger partial charge in [0.15, 0.2) is 5.76 Å². The Kier molecular flexibility index (Phi) is 1.02. The molecule has 2 aliphatic rings. The number of fused-ring (bicyclic) bond motifs is 1. The molecule has 0 spiro atoms. The van der Waals surface area contributed by atoms with Crippen LogP contribution in [0.3, 0.4) is 0 Å². The van der Waals surface area contributed by atoms with Crippen molar-refractivity contribution in [1.29, 1.82) is 0 Å². The minimum absolute atomic E-state index is 0.919. The van der Waals surface area contributed by atoms with Crippen molar-refractivity contribution < 1.29 is 4.74 Å². The molecule has 0 aromatic heterocycles. The largest absolute Gasteiger partial charge is 0.462 e. The molecule has 0 saturated heterocycles. The van der Waals surface area contributed by atoms with E-state index in [1.54, 1.807) is 18.2 Å². The van der Waals surface area contributed by atoms with Crippen LogP contribution >= 0.6 is 11.9 Å². The van der Waals surface area contributed by atoms with Crippen molar-refractivity contribution in [1.82, 2.24) is 4.72 Å². The summed E-state index contributed by atoms with van der Waals surface area (Å²) in [5.41, 5.74) is 0. The minimum atomic E-state index is 0.919. The lowest BCUT2D eigenvalue weighted by molar-refractivity contribution is 0.362. The van der Waals surface area contributed by atoms with Crippen molar-refractivity contribution in [2.45, 2.75) is 0 Å². The van der Waals surface area contributed by atoms with Crippen LogP contribution in [-0.4, -0.2) is 0 Å². The van der Waals surface area contributed by atoms with Gasteiger partial charge in [0.1, 0.15) is 0 Å². The second-order valence-corrected chi connectivity index (χ2v) is 2.59. The van der Waals surface area contributed by atoms with Gasteiger partial charge in [-0.15, -0.1) is 0 Å². The van der Waals surface area contributed by atoms with Crippen molar-refractivity contribution in [2.75, 3.05) is 0 Å². The summed E-state index contributed by atoms with van der Waals surface area (Å²) in [4.78, 5) is 1.15. The Morgan fingerprint density at radius 1 is 1.56 bits per heavy atom. The highest BCUT2D eigenvalue weighted by Gasteiger charge is 2.13. The zero-order chi connectivity index (χ0) is 6.10. The standard InChI is InChI=1S/C6H5NOS/c1-2-6-5(8-3-1)4-7-9-6/h1-4,7H. The van der Waals surface area contributed by atoms with Crippen LogP contribution < -0.4 is 4.72 Å². The second kappa shape index (κ2) is 1.84. The predicted octanol–water partition coefficient (Wildman–Crippen LogP) is 1.51. The maximum absolute atomic E-state index is 5.13. The molecule has 0 saturated carbocycles. The average molecular weight is 139 g/mol. The summed E-state index contributed by atoms with van der Waals surface area (Å²) in [6.45, 7) is 0. The first kappa shape index (κ1) is 4.99. The maximum atomic E-state index is 5.13. The quantitative estimate of drug-likeness (QED) is 0.514. The summed E-state index contributed by atoms with van der Waals surface area (Å²) in [6.07, 6.45) is 7.41. The van der Waals surface area contributed by atoms with Crippen molar-refractivity contribution in [3.8, 4) is 0 Å². The molecule has 0 aromatic carbocycles. The zero-order valence-electron chi connectivity index (χ0n) is 4.63. The van der Waals surface area contributed by atoms with Gasteiger partial charge < -0.3 is 9.46 Å². The molecule has 2 rings (SSSR count). The molecule has 2 heterocycles. The van der Waals surface area contributed by atoms with Crippen LogP contribution in [0.15, 0.2) is 35.3 Å². The van der Waals surface area contributed by atoms with E-state index in [1.807, 2.05) is 18.4 Å². The van der Waals surface area contributed by atoms with Gasteiger partial charge in [0.2, 0.25) is 0 Å². The number of hydrogen-bond donors (Lipinski definition) is 1. The third-order valence-electron chi connectivity index (χ3n) is 1.12. The first-order valence-corrected chi connectivity index (χ1v) is 3.45. The van der Waals surface area contributed by atoms with Gasteiger partial charge in [0.05, 0.1) is 17.4 Å². The maximum Gasteiger partial charge on any atom is 0.158 e. The van der Waals surface area contributed by atoms with Crippen molar-refractivity contribution in [3.05, 3.63) is 35.3 Å². The van der Waals surface area contributed by atoms with Crippen LogP contribution in [0.5, 0.6) is 0 Å². The van der Waals surface area contributed by atoms with Crippen molar-refractivity contribution >= 4 is 11.9 Å². The lowest BCUT2D eigenvalue weighted by atomic mass is 10.4. The second-order valence-electron chi connectivity index (χ2n) is 1.71. The van der Waals surface area contributed by atoms with E-state index >= 15 is 0 Å². The number of nitrogens with one attached hydrogen (secondary N) is 1. The molecule has 3 heteroatoms. The number of ether oxygens (including phenoxy) is 1. The van der Waals surface area contributed by atoms with Gasteiger partial charge in [-0.05, 0) is 24.1 Å². The van der Waals surface area contributed by atoms with Crippen LogP contribution in [0.4, 0.5) is 0 Å². The molecule has 2 aliphatic heterocycles. The highest BCUT2D eigenvalue weighted by Crippen LogP contribution is 2.29. The molecule has 0 bridgehead atoms. The monoisotopic (exact) mass is 139 g/mol. The SMILES string of the molecule is C1=COC2=CNSC2=C1. The summed E-state index contributed by atoms with van der Waals surface area (Å²) < 4.78 is 8.12. The first-order valence-electron chi connectivity index (χ1n) is 2.63. The zero-order valence-corrected chi connectivity index (χ0v) is 5.44. The summed E-state index contributed by atoms with van der Waals surface area (Å²) >= 11 is 1.57. The van der Waals surface area contributed by atoms with E-state index < -0.39 is 0 Å². The van der Waals surface area contributed by atoms with Gasteiger partial charge in [-0.25, -0.2) is 0 Å². The summed E-state index contributed by atoms with van der Waals surface area (Å²) in [6, 6.07) is 0. The van der Waals surface area contributed by atoms with E-state index in [4.69, 9.17) is 4.74 Å². The average Bonchev–Trinajstić information content (AvgIpc) is 2.33. The summed E-state index contributed by atoms with van der Waals surface area (Å²) in [5, 5.41) is 0. The lowest BCUT2D eigenvalue weighted by Gasteiger charge is -2.03. The topological polar surface area (TPSA) is 21.3 Å². The van der Waals surface area contributed by atoms with E-state index in [9.17, 15) is 0 Å². The van der Waals surface area contributed by atoms with E-state index in [2.05, 4.69) is 4.72 Å². The number of allylic oxidation sites excluding steroid dienone is 2. The summed E-state index contributed by atoms with van der Waals surface area (Å²) in [5.74, 6) is 0.919. The number of hydrogen-bond acceptors (Lipinski definition) is 3. The van der Waals surface area contributed by atoms with Crippen molar-refractivity contribution in [3.63, 3.8) is 0 Å². The highest BCUT2D eigenvalue weighted by molar-refractivity contribution is 8.01. The van der Waals surface area contributed by atoms with Crippen molar-refractivity contribution in [2.24, 2.45) is 0 Å². The van der Waals surface area contributed by atoms with E-state index in [0.717, 1.165) is 10.7 Å². The van der Waals surface area contributed by atoms with Gasteiger partial charge in [-0.3, -0.25) is 0 Å². The van der Waals surface area contributed by atoms with E-state index in [1.165, 1.54) is 0 Å². The fraction of sp³-hybridized carbons (Fsp3) is 0. The molecule has 0 aliphatic carbocycles. The Morgan fingerprint density at radius 3 is 3.44 bits per heavy atom. The highest BCUT2D eigenvalue weighted by atomic mass is 32.2. The minimum Gasteiger partial charge on any atom is -0.462 e. The van der Waals surface area contributed by atoms with Crippen LogP contribution in [0, 0.1) is 0 Å². The third-order valence-corrected chi connectivity index (χ3v) is 1.92. The molecule has 9 heavy (non-hydrogen) atoms. The van der Waals surface area contributed by atoms with Gasteiger partial charge in [-0.2, -0.15) is 0 Å². The smallest absolute Gasteiger partial charge is 0.158 e. The molecule has 0 unspecified atom stereocenters. The van der Waals surface area contributed by atoms with Gasteiger partial charge >= 0.3 is 0 Å². The van der Waals surface area contributed by atoms with Crippen LogP contribution in [0.2, 0.25) is 0 Å². The van der Waals surface area contributed by atoms with Crippen LogP contribution in [-0.2, 0) is 4.74 Å². The first-order chi connectivity index (χ1) is 4.47. The molecule has 0 fully saturated rings. The lowest BCUT2D eigenvalue weighted by Crippen LogP contribution is -1.86. The Hall–Kier alpha value is -0.830. The fourth-order valence-corrected chi connectivity index (χ4v) is 1.36. The predicted molar refractivity (Wildman–Crippen MR) is 37.1 cm³/mol. The van der Waals surface area contributed by atoms with Gasteiger partial charge in [-0.1, -0.05) is 0 Å². The van der Waals surface area contributed by atoms with Crippen LogP contribution in [0.25, 0.3) is 0 Å². The fourth-order valence-electron chi connectivity index (χ4n) is 0.715. The summed E-state index contributed by atoms with van der Waals surface area (Å²) in [7, 11) is 0. The number of rotatable bonds is 0. The molecule has 2 nitrogen and oxygen atoms in total. The Labute approximate surface area is 57.4 Å². The molecule has 46 valence electrons. The van der Waals surface area contributed by atoms with Crippen LogP contribution in [0.1, 0.15) is 0 Å². The van der Waals surface area contributed by atoms with E-state index in [0.29, 0.717) is 0 Å². The van der Waals surface area contributed by atoms with E-state index in [-0.39, 0.29) is 0 Å². The molecular formula is C6H5NOS. The van der Waals surface area contributed by atoms with Gasteiger partial charge in [0.25, 0.3) is 0 Å². The molecule has 0 amide bonds. The molecular weight excluding hydrogens is 134 g/mol.